The number of allylic oxidation sites excluding steroid dienone is 1. The van der Waals surface area contributed by atoms with Crippen LogP contribution in [0.5, 0.6) is 0 Å². The first-order valence-corrected chi connectivity index (χ1v) is 1.77. The predicted molar refractivity (Wildman–Crippen MR) is 24.9 cm³/mol. The molecule has 0 aromatic heterocycles. The van der Waals surface area contributed by atoms with Crippen molar-refractivity contribution in [2.45, 2.75) is 6.23 Å². The van der Waals surface area contributed by atoms with Gasteiger partial charge in [-0.3, -0.25) is 0 Å². The van der Waals surface area contributed by atoms with Crippen LogP contribution in [0.15, 0.2) is 12.2 Å². The van der Waals surface area contributed by atoms with Gasteiger partial charge < -0.3 is 10.8 Å². The van der Waals surface area contributed by atoms with Crippen molar-refractivity contribution in [1.29, 1.82) is 5.26 Å². The topological polar surface area (TPSA) is 70.0 Å². The van der Waals surface area contributed by atoms with E-state index in [-0.39, 0.29) is 0 Å². The zero-order chi connectivity index (χ0) is 5.70. The number of nitriles is 1. The van der Waals surface area contributed by atoms with E-state index in [4.69, 9.17) is 16.1 Å². The first-order valence-electron chi connectivity index (χ1n) is 1.77. The summed E-state index contributed by atoms with van der Waals surface area (Å²) in [6, 6.07) is 1.68. The molecule has 0 aliphatic carbocycles. The summed E-state index contributed by atoms with van der Waals surface area (Å²) in [5.41, 5.74) is 4.80. The molecule has 7 heavy (non-hydrogen) atoms. The van der Waals surface area contributed by atoms with Crippen molar-refractivity contribution in [3.8, 4) is 6.07 Å². The maximum atomic E-state index is 8.22. The van der Waals surface area contributed by atoms with Gasteiger partial charge in [-0.2, -0.15) is 5.26 Å². The number of nitrogens with zero attached hydrogens (tertiary/aromatic N) is 1. The molecule has 3 nitrogen and oxygen atoms in total. The molecule has 3 N–H and O–H groups in total. The summed E-state index contributed by atoms with van der Waals surface area (Å²) in [5, 5.41) is 16.0. The highest BCUT2D eigenvalue weighted by atomic mass is 16.3. The minimum Gasteiger partial charge on any atom is -0.375 e. The summed E-state index contributed by atoms with van der Waals surface area (Å²) in [5.74, 6) is 0. The molecule has 0 radical (unpaired) electrons. The third-order valence-corrected chi connectivity index (χ3v) is 0.368. The number of nitrogens with two attached hydrogens (primary N) is 1. The van der Waals surface area contributed by atoms with Crippen molar-refractivity contribution in [2.24, 2.45) is 5.73 Å². The van der Waals surface area contributed by atoms with E-state index in [1.807, 2.05) is 0 Å². The van der Waals surface area contributed by atoms with Gasteiger partial charge in [-0.05, 0) is 6.08 Å². The van der Waals surface area contributed by atoms with E-state index in [2.05, 4.69) is 0 Å². The molecule has 0 aromatic rings. The lowest BCUT2D eigenvalue weighted by atomic mass is 10.5. The van der Waals surface area contributed by atoms with Gasteiger partial charge in [0.1, 0.15) is 6.23 Å². The van der Waals surface area contributed by atoms with E-state index in [0.29, 0.717) is 0 Å². The van der Waals surface area contributed by atoms with Crippen LogP contribution in [-0.4, -0.2) is 11.3 Å². The molecule has 0 aliphatic heterocycles. The fourth-order valence-corrected chi connectivity index (χ4v) is 0.142. The lowest BCUT2D eigenvalue weighted by Crippen LogP contribution is -2.14. The van der Waals surface area contributed by atoms with Crippen LogP contribution >= 0.6 is 0 Å². The Kier molecular flexibility index (Phi) is 2.94. The van der Waals surface area contributed by atoms with Crippen LogP contribution in [0.1, 0.15) is 0 Å². The molecule has 1 atom stereocenters. The summed E-state index contributed by atoms with van der Waals surface area (Å²) in [6.07, 6.45) is 1.32. The molecular weight excluding hydrogens is 92.1 g/mol. The lowest BCUT2D eigenvalue weighted by molar-refractivity contribution is 0.232. The Morgan fingerprint density at radius 3 is 2.57 bits per heavy atom. The molecule has 0 aromatic carbocycles. The number of rotatable bonds is 1. The largest absolute Gasteiger partial charge is 0.375 e. The second-order valence-electron chi connectivity index (χ2n) is 0.979. The van der Waals surface area contributed by atoms with Gasteiger partial charge in [-0.25, -0.2) is 0 Å². The van der Waals surface area contributed by atoms with Crippen LogP contribution in [0.25, 0.3) is 0 Å². The van der Waals surface area contributed by atoms with Gasteiger partial charge in [0, 0.05) is 6.08 Å². The zero-order valence-electron chi connectivity index (χ0n) is 3.70. The second-order valence-corrected chi connectivity index (χ2v) is 0.979. The fourth-order valence-electron chi connectivity index (χ4n) is 0.142. The Labute approximate surface area is 41.7 Å². The predicted octanol–water partition coefficient (Wildman–Crippen LogP) is -0.657. The maximum absolute atomic E-state index is 8.22. The van der Waals surface area contributed by atoms with Crippen molar-refractivity contribution in [3.05, 3.63) is 12.2 Å². The van der Waals surface area contributed by atoms with Gasteiger partial charge in [-0.1, -0.05) is 0 Å². The molecule has 0 fully saturated rings. The third-order valence-electron chi connectivity index (χ3n) is 0.368. The minimum absolute atomic E-state index is 1.00. The lowest BCUT2D eigenvalue weighted by Gasteiger charge is -1.87. The molecular formula is C4H6N2O. The van der Waals surface area contributed by atoms with E-state index in [1.54, 1.807) is 6.07 Å². The van der Waals surface area contributed by atoms with Crippen molar-refractivity contribution in [2.75, 3.05) is 0 Å². The molecule has 0 rings (SSSR count). The molecule has 0 bridgehead atoms. The summed E-state index contributed by atoms with van der Waals surface area (Å²) in [4.78, 5) is 0. The average molecular weight is 98.1 g/mol. The number of hydrogen-bond acceptors (Lipinski definition) is 3. The van der Waals surface area contributed by atoms with E-state index >= 15 is 0 Å². The van der Waals surface area contributed by atoms with E-state index in [0.717, 1.165) is 6.08 Å². The summed E-state index contributed by atoms with van der Waals surface area (Å²) >= 11 is 0. The molecule has 0 aliphatic rings. The van der Waals surface area contributed by atoms with Crippen LogP contribution in [0.3, 0.4) is 0 Å². The Hall–Kier alpha value is -0.850. The van der Waals surface area contributed by atoms with Crippen LogP contribution in [0.2, 0.25) is 0 Å². The number of aliphatic hydroxyl groups is 1. The van der Waals surface area contributed by atoms with Gasteiger partial charge in [0.05, 0.1) is 6.07 Å². The molecule has 38 valence electrons. The van der Waals surface area contributed by atoms with Crippen molar-refractivity contribution >= 4 is 0 Å². The normalized spacial score (nSPS) is 13.9. The first-order chi connectivity index (χ1) is 3.27. The summed E-state index contributed by atoms with van der Waals surface area (Å²) in [6.45, 7) is 0. The Morgan fingerprint density at radius 2 is 2.43 bits per heavy atom. The highest BCUT2D eigenvalue weighted by Gasteiger charge is 1.79. The second kappa shape index (κ2) is 3.34. The SMILES string of the molecule is N#C/C=C/[C@@H](N)O. The fraction of sp³-hybridized carbons (Fsp3) is 0.250. The molecule has 0 unspecified atom stereocenters. The van der Waals surface area contributed by atoms with Gasteiger partial charge in [-0.15, -0.1) is 0 Å². The van der Waals surface area contributed by atoms with Gasteiger partial charge in [0.25, 0.3) is 0 Å². The number of hydrogen-bond donors (Lipinski definition) is 2. The van der Waals surface area contributed by atoms with Crippen LogP contribution < -0.4 is 5.73 Å². The summed E-state index contributed by atoms with van der Waals surface area (Å²) < 4.78 is 0. The standard InChI is InChI=1S/C4H6N2O/c5-3-1-2-4(6)7/h1-2,4,7H,6H2/b2-1+/t4-/m0/s1. The zero-order valence-corrected chi connectivity index (χ0v) is 3.70. The minimum atomic E-state index is -1.00. The van der Waals surface area contributed by atoms with Gasteiger partial charge >= 0.3 is 0 Å². The van der Waals surface area contributed by atoms with Crippen molar-refractivity contribution < 1.29 is 5.11 Å². The molecule has 0 amide bonds. The first kappa shape index (κ1) is 6.15. The molecule has 0 spiro atoms. The molecule has 0 saturated carbocycles. The Bertz CT molecular complexity index is 101. The van der Waals surface area contributed by atoms with Crippen molar-refractivity contribution in [1.82, 2.24) is 0 Å². The van der Waals surface area contributed by atoms with Crippen LogP contribution in [-0.2, 0) is 0 Å². The van der Waals surface area contributed by atoms with Gasteiger partial charge in [0.15, 0.2) is 0 Å². The highest BCUT2D eigenvalue weighted by Crippen LogP contribution is 1.70. The van der Waals surface area contributed by atoms with Crippen LogP contribution in [0, 0.1) is 11.3 Å². The highest BCUT2D eigenvalue weighted by molar-refractivity contribution is 5.03. The van der Waals surface area contributed by atoms with E-state index in [9.17, 15) is 0 Å². The average Bonchev–Trinajstić information content (AvgIpc) is 1.61. The van der Waals surface area contributed by atoms with E-state index in [1.165, 1.54) is 6.08 Å². The molecule has 0 saturated heterocycles. The van der Waals surface area contributed by atoms with Crippen LogP contribution in [0.4, 0.5) is 0 Å². The smallest absolute Gasteiger partial charge is 0.122 e. The molecule has 3 heteroatoms. The van der Waals surface area contributed by atoms with E-state index < -0.39 is 6.23 Å². The monoisotopic (exact) mass is 98.0 g/mol. The quantitative estimate of drug-likeness (QED) is 0.338. The Morgan fingerprint density at radius 1 is 1.86 bits per heavy atom. The third kappa shape index (κ3) is 5.15. The summed E-state index contributed by atoms with van der Waals surface area (Å²) in [7, 11) is 0. The van der Waals surface area contributed by atoms with Crippen molar-refractivity contribution in [3.63, 3.8) is 0 Å². The Balaban J connectivity index is 3.31. The molecule has 0 heterocycles. The number of aliphatic hydroxyl groups excluding tert-OH is 1. The van der Waals surface area contributed by atoms with Gasteiger partial charge in [0.2, 0.25) is 0 Å². The maximum Gasteiger partial charge on any atom is 0.122 e.